The molecular formula is C14H16N2S. The number of hydrogen-bond donors (Lipinski definition) is 1. The lowest BCUT2D eigenvalue weighted by Crippen LogP contribution is -2.08. The van der Waals surface area contributed by atoms with Crippen LogP contribution in [0.15, 0.2) is 29.6 Å². The first kappa shape index (κ1) is 10.9. The minimum absolute atomic E-state index is 0.615. The van der Waals surface area contributed by atoms with Crippen molar-refractivity contribution in [3.05, 3.63) is 40.9 Å². The lowest BCUT2D eigenvalue weighted by molar-refractivity contribution is 0.742. The number of nitrogens with one attached hydrogen (secondary N) is 1. The predicted molar refractivity (Wildman–Crippen MR) is 72.5 cm³/mol. The van der Waals surface area contributed by atoms with Crippen molar-refractivity contribution in [3.8, 4) is 10.6 Å². The van der Waals surface area contributed by atoms with Gasteiger partial charge in [-0.05, 0) is 25.5 Å². The molecule has 0 bridgehead atoms. The Labute approximate surface area is 106 Å². The second-order valence-electron chi connectivity index (χ2n) is 4.58. The molecule has 1 aliphatic rings. The SMILES string of the molecule is Cc1ccccc1-c1nc(C2CCNC2)cs1. The third-order valence-corrected chi connectivity index (χ3v) is 4.27. The minimum Gasteiger partial charge on any atom is -0.316 e. The standard InChI is InChI=1S/C14H16N2S/c1-10-4-2-3-5-12(10)14-16-13(9-17-14)11-6-7-15-8-11/h2-5,9,11,15H,6-8H2,1H3. The molecule has 88 valence electrons. The fourth-order valence-corrected chi connectivity index (χ4v) is 3.31. The van der Waals surface area contributed by atoms with Crippen LogP contribution in [-0.2, 0) is 0 Å². The Bertz CT molecular complexity index is 512. The monoisotopic (exact) mass is 244 g/mol. The fourth-order valence-electron chi connectivity index (χ4n) is 2.32. The molecule has 3 rings (SSSR count). The van der Waals surface area contributed by atoms with Crippen LogP contribution in [0.25, 0.3) is 10.6 Å². The topological polar surface area (TPSA) is 24.9 Å². The highest BCUT2D eigenvalue weighted by Gasteiger charge is 2.19. The molecule has 17 heavy (non-hydrogen) atoms. The van der Waals surface area contributed by atoms with Gasteiger partial charge in [-0.3, -0.25) is 0 Å². The summed E-state index contributed by atoms with van der Waals surface area (Å²) in [4.78, 5) is 4.80. The maximum Gasteiger partial charge on any atom is 0.123 e. The summed E-state index contributed by atoms with van der Waals surface area (Å²) in [6.07, 6.45) is 1.22. The van der Waals surface area contributed by atoms with E-state index in [1.807, 2.05) is 0 Å². The number of aromatic nitrogens is 1. The van der Waals surface area contributed by atoms with Crippen LogP contribution in [0.3, 0.4) is 0 Å². The van der Waals surface area contributed by atoms with Gasteiger partial charge in [0.25, 0.3) is 0 Å². The zero-order valence-electron chi connectivity index (χ0n) is 9.94. The van der Waals surface area contributed by atoms with E-state index in [1.54, 1.807) is 11.3 Å². The van der Waals surface area contributed by atoms with E-state index >= 15 is 0 Å². The van der Waals surface area contributed by atoms with Gasteiger partial charge in [-0.25, -0.2) is 4.98 Å². The van der Waals surface area contributed by atoms with Crippen molar-refractivity contribution in [1.29, 1.82) is 0 Å². The Morgan fingerprint density at radius 1 is 1.35 bits per heavy atom. The molecule has 1 saturated heterocycles. The van der Waals surface area contributed by atoms with E-state index in [9.17, 15) is 0 Å². The molecule has 1 unspecified atom stereocenters. The van der Waals surface area contributed by atoms with Gasteiger partial charge in [0.1, 0.15) is 5.01 Å². The quantitative estimate of drug-likeness (QED) is 0.877. The summed E-state index contributed by atoms with van der Waals surface area (Å²) in [6.45, 7) is 4.35. The molecular weight excluding hydrogens is 228 g/mol. The largest absolute Gasteiger partial charge is 0.316 e. The molecule has 0 radical (unpaired) electrons. The molecule has 0 amide bonds. The Morgan fingerprint density at radius 2 is 2.24 bits per heavy atom. The third-order valence-electron chi connectivity index (χ3n) is 3.38. The van der Waals surface area contributed by atoms with E-state index in [0.717, 1.165) is 18.1 Å². The van der Waals surface area contributed by atoms with Crippen LogP contribution < -0.4 is 5.32 Å². The van der Waals surface area contributed by atoms with E-state index < -0.39 is 0 Å². The average molecular weight is 244 g/mol. The van der Waals surface area contributed by atoms with Crippen LogP contribution in [0.4, 0.5) is 0 Å². The second-order valence-corrected chi connectivity index (χ2v) is 5.44. The summed E-state index contributed by atoms with van der Waals surface area (Å²) in [5.74, 6) is 0.615. The minimum atomic E-state index is 0.615. The Hall–Kier alpha value is -1.19. The lowest BCUT2D eigenvalue weighted by atomic mass is 10.1. The number of rotatable bonds is 2. The van der Waals surface area contributed by atoms with E-state index in [4.69, 9.17) is 4.98 Å². The number of aryl methyl sites for hydroxylation is 1. The summed E-state index contributed by atoms with van der Waals surface area (Å²) < 4.78 is 0. The molecule has 0 saturated carbocycles. The molecule has 1 fully saturated rings. The highest BCUT2D eigenvalue weighted by Crippen LogP contribution is 2.30. The Balaban J connectivity index is 1.92. The molecule has 1 aromatic heterocycles. The molecule has 1 aliphatic heterocycles. The van der Waals surface area contributed by atoms with Crippen LogP contribution in [0, 0.1) is 6.92 Å². The smallest absolute Gasteiger partial charge is 0.123 e. The van der Waals surface area contributed by atoms with Gasteiger partial charge in [-0.1, -0.05) is 24.3 Å². The van der Waals surface area contributed by atoms with Crippen LogP contribution in [0.1, 0.15) is 23.6 Å². The number of thiazole rings is 1. The highest BCUT2D eigenvalue weighted by molar-refractivity contribution is 7.13. The third kappa shape index (κ3) is 2.13. The van der Waals surface area contributed by atoms with E-state index in [2.05, 4.69) is 41.9 Å². The lowest BCUT2D eigenvalue weighted by Gasteiger charge is -2.03. The van der Waals surface area contributed by atoms with Gasteiger partial charge >= 0.3 is 0 Å². The molecule has 2 aromatic rings. The number of hydrogen-bond acceptors (Lipinski definition) is 3. The van der Waals surface area contributed by atoms with Crippen molar-refractivity contribution < 1.29 is 0 Å². The second kappa shape index (κ2) is 4.59. The summed E-state index contributed by atoms with van der Waals surface area (Å²) in [6, 6.07) is 8.47. The van der Waals surface area contributed by atoms with Gasteiger partial charge in [0.2, 0.25) is 0 Å². The van der Waals surface area contributed by atoms with Crippen molar-refractivity contribution in [1.82, 2.24) is 10.3 Å². The van der Waals surface area contributed by atoms with Crippen molar-refractivity contribution in [2.24, 2.45) is 0 Å². The van der Waals surface area contributed by atoms with Gasteiger partial charge in [-0.15, -0.1) is 11.3 Å². The van der Waals surface area contributed by atoms with Crippen LogP contribution in [0.5, 0.6) is 0 Å². The Kier molecular flexibility index (Phi) is 2.95. The normalized spacial score (nSPS) is 19.7. The summed E-state index contributed by atoms with van der Waals surface area (Å²) in [5.41, 5.74) is 3.84. The zero-order valence-corrected chi connectivity index (χ0v) is 10.8. The Morgan fingerprint density at radius 3 is 3.00 bits per heavy atom. The number of nitrogens with zero attached hydrogens (tertiary/aromatic N) is 1. The van der Waals surface area contributed by atoms with Crippen molar-refractivity contribution >= 4 is 11.3 Å². The van der Waals surface area contributed by atoms with Crippen molar-refractivity contribution in [2.75, 3.05) is 13.1 Å². The van der Waals surface area contributed by atoms with Crippen molar-refractivity contribution in [3.63, 3.8) is 0 Å². The van der Waals surface area contributed by atoms with Gasteiger partial charge in [0.05, 0.1) is 5.69 Å². The summed E-state index contributed by atoms with van der Waals surface area (Å²) in [5, 5.41) is 6.77. The average Bonchev–Trinajstić information content (AvgIpc) is 3.00. The van der Waals surface area contributed by atoms with Gasteiger partial charge < -0.3 is 5.32 Å². The summed E-state index contributed by atoms with van der Waals surface area (Å²) in [7, 11) is 0. The molecule has 1 aromatic carbocycles. The first-order chi connectivity index (χ1) is 8.34. The van der Waals surface area contributed by atoms with Crippen LogP contribution in [-0.4, -0.2) is 18.1 Å². The molecule has 1 N–H and O–H groups in total. The fraction of sp³-hybridized carbons (Fsp3) is 0.357. The first-order valence-electron chi connectivity index (χ1n) is 6.07. The van der Waals surface area contributed by atoms with Gasteiger partial charge in [-0.2, -0.15) is 0 Å². The van der Waals surface area contributed by atoms with E-state index in [-0.39, 0.29) is 0 Å². The van der Waals surface area contributed by atoms with Crippen molar-refractivity contribution in [2.45, 2.75) is 19.3 Å². The molecule has 1 atom stereocenters. The van der Waals surface area contributed by atoms with Gasteiger partial charge in [0.15, 0.2) is 0 Å². The molecule has 2 heterocycles. The molecule has 0 aliphatic carbocycles. The maximum atomic E-state index is 4.80. The van der Waals surface area contributed by atoms with Crippen LogP contribution >= 0.6 is 11.3 Å². The van der Waals surface area contributed by atoms with Gasteiger partial charge in [0, 0.05) is 23.4 Å². The number of benzene rings is 1. The van der Waals surface area contributed by atoms with E-state index in [0.29, 0.717) is 5.92 Å². The molecule has 0 spiro atoms. The predicted octanol–water partition coefficient (Wildman–Crippen LogP) is 3.20. The maximum absolute atomic E-state index is 4.80. The zero-order chi connectivity index (χ0) is 11.7. The molecule has 2 nitrogen and oxygen atoms in total. The highest BCUT2D eigenvalue weighted by atomic mass is 32.1. The molecule has 3 heteroatoms. The van der Waals surface area contributed by atoms with E-state index in [1.165, 1.54) is 23.2 Å². The first-order valence-corrected chi connectivity index (χ1v) is 6.94. The summed E-state index contributed by atoms with van der Waals surface area (Å²) >= 11 is 1.76. The van der Waals surface area contributed by atoms with Crippen LogP contribution in [0.2, 0.25) is 0 Å².